The van der Waals surface area contributed by atoms with Gasteiger partial charge < -0.3 is 0 Å². The highest BCUT2D eigenvalue weighted by atomic mass is 79.9. The van der Waals surface area contributed by atoms with Gasteiger partial charge in [0.25, 0.3) is 0 Å². The molecule has 0 aromatic carbocycles. The first-order valence-corrected chi connectivity index (χ1v) is 6.61. The van der Waals surface area contributed by atoms with E-state index in [1.165, 1.54) is 11.1 Å². The number of rotatable bonds is 4. The van der Waals surface area contributed by atoms with Crippen LogP contribution in [-0.2, 0) is 6.42 Å². The highest BCUT2D eigenvalue weighted by Gasteiger charge is 2.14. The second-order valence-electron chi connectivity index (χ2n) is 3.46. The summed E-state index contributed by atoms with van der Waals surface area (Å²) in [5.41, 5.74) is 5.20. The van der Waals surface area contributed by atoms with Crippen LogP contribution in [0.3, 0.4) is 0 Å². The number of aromatic nitrogens is 1. The first kappa shape index (κ1) is 11.7. The predicted octanol–water partition coefficient (Wildman–Crippen LogP) is 2.65. The Morgan fingerprint density at radius 3 is 2.94 bits per heavy atom. The Kier molecular flexibility index (Phi) is 4.06. The number of halogens is 1. The summed E-state index contributed by atoms with van der Waals surface area (Å²) in [4.78, 5) is 4.10. The molecule has 2 rings (SSSR count). The largest absolute Gasteiger partial charge is 0.271 e. The molecule has 2 heterocycles. The third kappa shape index (κ3) is 2.68. The van der Waals surface area contributed by atoms with Crippen LogP contribution in [0.5, 0.6) is 0 Å². The van der Waals surface area contributed by atoms with Crippen molar-refractivity contribution in [3.63, 3.8) is 0 Å². The minimum absolute atomic E-state index is 0.116. The van der Waals surface area contributed by atoms with Crippen molar-refractivity contribution in [2.75, 3.05) is 0 Å². The van der Waals surface area contributed by atoms with Gasteiger partial charge in [0, 0.05) is 22.2 Å². The van der Waals surface area contributed by atoms with E-state index in [2.05, 4.69) is 43.2 Å². The highest BCUT2D eigenvalue weighted by Crippen LogP contribution is 2.28. The number of thiophene rings is 1. The van der Waals surface area contributed by atoms with Gasteiger partial charge in [-0.1, -0.05) is 6.07 Å². The smallest absolute Gasteiger partial charge is 0.0520 e. The van der Waals surface area contributed by atoms with E-state index in [0.717, 1.165) is 10.9 Å². The average Bonchev–Trinajstić information content (AvgIpc) is 2.74. The van der Waals surface area contributed by atoms with E-state index in [1.54, 1.807) is 17.5 Å². The number of hydrazine groups is 1. The molecule has 3 N–H and O–H groups in total. The molecule has 16 heavy (non-hydrogen) atoms. The number of hydrogen-bond acceptors (Lipinski definition) is 4. The van der Waals surface area contributed by atoms with E-state index < -0.39 is 0 Å². The van der Waals surface area contributed by atoms with Gasteiger partial charge in [-0.3, -0.25) is 16.3 Å². The van der Waals surface area contributed by atoms with Crippen LogP contribution >= 0.6 is 27.3 Å². The van der Waals surface area contributed by atoms with Gasteiger partial charge in [-0.05, 0) is 44.9 Å². The number of nitrogens with two attached hydrogens (primary N) is 1. The van der Waals surface area contributed by atoms with Crippen LogP contribution in [0.25, 0.3) is 0 Å². The second-order valence-corrected chi connectivity index (χ2v) is 5.06. The fourth-order valence-electron chi connectivity index (χ4n) is 1.55. The van der Waals surface area contributed by atoms with Crippen LogP contribution in [0.1, 0.15) is 17.2 Å². The molecule has 0 aliphatic carbocycles. The minimum Gasteiger partial charge on any atom is -0.271 e. The zero-order chi connectivity index (χ0) is 11.4. The lowest BCUT2D eigenvalue weighted by molar-refractivity contribution is 0.551. The Labute approximate surface area is 107 Å². The van der Waals surface area contributed by atoms with E-state index in [4.69, 9.17) is 5.84 Å². The molecule has 0 bridgehead atoms. The first-order chi connectivity index (χ1) is 7.81. The lowest BCUT2D eigenvalue weighted by atomic mass is 10.0. The fourth-order valence-corrected chi connectivity index (χ4v) is 3.18. The summed E-state index contributed by atoms with van der Waals surface area (Å²) in [5.74, 6) is 5.59. The Balaban J connectivity index is 2.16. The number of nitrogens with zero attached hydrogens (tertiary/aromatic N) is 1. The van der Waals surface area contributed by atoms with Crippen molar-refractivity contribution < 1.29 is 0 Å². The molecule has 0 spiro atoms. The predicted molar refractivity (Wildman–Crippen MR) is 70.0 cm³/mol. The third-order valence-electron chi connectivity index (χ3n) is 2.38. The summed E-state index contributed by atoms with van der Waals surface area (Å²) in [6.45, 7) is 0. The van der Waals surface area contributed by atoms with E-state index in [-0.39, 0.29) is 6.04 Å². The van der Waals surface area contributed by atoms with Gasteiger partial charge in [0.1, 0.15) is 0 Å². The fraction of sp³-hybridized carbons (Fsp3) is 0.182. The van der Waals surface area contributed by atoms with Crippen LogP contribution in [0.2, 0.25) is 0 Å². The zero-order valence-electron chi connectivity index (χ0n) is 8.56. The maximum Gasteiger partial charge on any atom is 0.0520 e. The highest BCUT2D eigenvalue weighted by molar-refractivity contribution is 9.10. The van der Waals surface area contributed by atoms with E-state index in [0.29, 0.717) is 0 Å². The molecule has 0 fully saturated rings. The molecule has 0 saturated carbocycles. The summed E-state index contributed by atoms with van der Waals surface area (Å²) in [6, 6.07) is 4.10. The summed E-state index contributed by atoms with van der Waals surface area (Å²) in [7, 11) is 0. The van der Waals surface area contributed by atoms with Crippen molar-refractivity contribution in [1.82, 2.24) is 10.4 Å². The molecule has 3 nitrogen and oxygen atoms in total. The summed E-state index contributed by atoms with van der Waals surface area (Å²) in [6.07, 6.45) is 4.47. The average molecular weight is 298 g/mol. The van der Waals surface area contributed by atoms with Gasteiger partial charge in [0.05, 0.1) is 6.04 Å². The standard InChI is InChI=1S/C11H12BrN3S/c12-10-7-16-6-9(10)11(15-13)4-8-2-1-3-14-5-8/h1-3,5-7,11,15H,4,13H2. The molecule has 1 atom stereocenters. The van der Waals surface area contributed by atoms with Crippen molar-refractivity contribution in [2.45, 2.75) is 12.5 Å². The molecular formula is C11H12BrN3S. The summed E-state index contributed by atoms with van der Waals surface area (Å²) in [5, 5.41) is 4.16. The molecular weight excluding hydrogens is 286 g/mol. The molecule has 0 radical (unpaired) electrons. The van der Waals surface area contributed by atoms with Gasteiger partial charge in [0.15, 0.2) is 0 Å². The van der Waals surface area contributed by atoms with Crippen molar-refractivity contribution in [2.24, 2.45) is 5.84 Å². The molecule has 1 unspecified atom stereocenters. The molecule has 0 aliphatic rings. The third-order valence-corrected chi connectivity index (χ3v) is 4.13. The van der Waals surface area contributed by atoms with Crippen molar-refractivity contribution in [3.05, 3.63) is 50.9 Å². The number of hydrogen-bond donors (Lipinski definition) is 2. The zero-order valence-corrected chi connectivity index (χ0v) is 11.0. The number of nitrogens with one attached hydrogen (secondary N) is 1. The van der Waals surface area contributed by atoms with Crippen LogP contribution in [0.15, 0.2) is 39.8 Å². The van der Waals surface area contributed by atoms with Crippen molar-refractivity contribution in [1.29, 1.82) is 0 Å². The number of pyridine rings is 1. The molecule has 84 valence electrons. The molecule has 5 heteroatoms. The van der Waals surface area contributed by atoms with Crippen LogP contribution in [0, 0.1) is 0 Å². The lowest BCUT2D eigenvalue weighted by Crippen LogP contribution is -2.29. The molecule has 0 saturated heterocycles. The van der Waals surface area contributed by atoms with E-state index in [9.17, 15) is 0 Å². The van der Waals surface area contributed by atoms with E-state index >= 15 is 0 Å². The SMILES string of the molecule is NNC(Cc1cccnc1)c1cscc1Br. The summed E-state index contributed by atoms with van der Waals surface area (Å²) < 4.78 is 1.10. The van der Waals surface area contributed by atoms with Gasteiger partial charge in [0.2, 0.25) is 0 Å². The monoisotopic (exact) mass is 297 g/mol. The molecule has 2 aromatic rings. The van der Waals surface area contributed by atoms with Crippen molar-refractivity contribution >= 4 is 27.3 Å². The van der Waals surface area contributed by atoms with E-state index in [1.807, 2.05) is 12.3 Å². The summed E-state index contributed by atoms with van der Waals surface area (Å²) >= 11 is 5.18. The topological polar surface area (TPSA) is 50.9 Å². The van der Waals surface area contributed by atoms with Gasteiger partial charge in [-0.15, -0.1) is 0 Å². The Morgan fingerprint density at radius 1 is 1.50 bits per heavy atom. The first-order valence-electron chi connectivity index (χ1n) is 4.88. The van der Waals surface area contributed by atoms with Gasteiger partial charge in [-0.2, -0.15) is 11.3 Å². The lowest BCUT2D eigenvalue weighted by Gasteiger charge is -2.15. The Hall–Kier alpha value is -0.750. The van der Waals surface area contributed by atoms with Crippen LogP contribution in [0.4, 0.5) is 0 Å². The minimum atomic E-state index is 0.116. The van der Waals surface area contributed by atoms with Crippen molar-refractivity contribution in [3.8, 4) is 0 Å². The maximum absolute atomic E-state index is 5.59. The van der Waals surface area contributed by atoms with Crippen LogP contribution in [-0.4, -0.2) is 4.98 Å². The molecule has 2 aromatic heterocycles. The van der Waals surface area contributed by atoms with Gasteiger partial charge >= 0.3 is 0 Å². The molecule has 0 amide bonds. The Morgan fingerprint density at radius 2 is 2.38 bits per heavy atom. The second kappa shape index (κ2) is 5.54. The molecule has 0 aliphatic heterocycles. The Bertz CT molecular complexity index is 444. The van der Waals surface area contributed by atoms with Crippen LogP contribution < -0.4 is 11.3 Å². The maximum atomic E-state index is 5.59. The quantitative estimate of drug-likeness (QED) is 0.674. The van der Waals surface area contributed by atoms with Gasteiger partial charge in [-0.25, -0.2) is 0 Å². The normalized spacial score (nSPS) is 12.6.